The van der Waals surface area contributed by atoms with Gasteiger partial charge in [-0.1, -0.05) is 27.7 Å². The van der Waals surface area contributed by atoms with Crippen molar-refractivity contribution in [1.29, 1.82) is 0 Å². The average Bonchev–Trinajstić information content (AvgIpc) is 2.17. The molecule has 2 heteroatoms. The fraction of sp³-hybridized carbons (Fsp3) is 1.00. The molecule has 1 saturated heterocycles. The highest BCUT2D eigenvalue weighted by Gasteiger charge is 2.27. The largest absolute Gasteiger partial charge is 0.381 e. The van der Waals surface area contributed by atoms with E-state index in [-0.39, 0.29) is 0 Å². The first-order valence-electron chi connectivity index (χ1n) is 6.34. The fourth-order valence-corrected chi connectivity index (χ4v) is 2.45. The lowest BCUT2D eigenvalue weighted by molar-refractivity contribution is 0.0478. The zero-order valence-corrected chi connectivity index (χ0v) is 10.8. The summed E-state index contributed by atoms with van der Waals surface area (Å²) in [6, 6.07) is 0.680. The van der Waals surface area contributed by atoms with E-state index in [1.807, 2.05) is 0 Å². The van der Waals surface area contributed by atoms with Crippen LogP contribution in [0, 0.1) is 11.3 Å². The second-order valence-electron chi connectivity index (χ2n) is 5.88. The van der Waals surface area contributed by atoms with Gasteiger partial charge in [0.2, 0.25) is 0 Å². The third-order valence-corrected chi connectivity index (χ3v) is 3.13. The predicted molar refractivity (Wildman–Crippen MR) is 65.1 cm³/mol. The molecule has 0 amide bonds. The van der Waals surface area contributed by atoms with Gasteiger partial charge in [0.15, 0.2) is 0 Å². The van der Waals surface area contributed by atoms with Crippen molar-refractivity contribution < 1.29 is 4.74 Å². The Labute approximate surface area is 94.8 Å². The van der Waals surface area contributed by atoms with Crippen LogP contribution in [-0.2, 0) is 4.74 Å². The fourth-order valence-electron chi connectivity index (χ4n) is 2.45. The van der Waals surface area contributed by atoms with Gasteiger partial charge in [-0.3, -0.25) is 0 Å². The molecule has 0 bridgehead atoms. The van der Waals surface area contributed by atoms with Crippen molar-refractivity contribution in [3.8, 4) is 0 Å². The van der Waals surface area contributed by atoms with Crippen molar-refractivity contribution >= 4 is 0 Å². The standard InChI is InChI=1S/C13H27NO/c1-5-14-12(10-13(2,3)4)11-6-8-15-9-7-11/h11-12,14H,5-10H2,1-4H3. The van der Waals surface area contributed by atoms with Crippen LogP contribution < -0.4 is 5.32 Å². The summed E-state index contributed by atoms with van der Waals surface area (Å²) in [4.78, 5) is 0. The van der Waals surface area contributed by atoms with Crippen LogP contribution in [0.25, 0.3) is 0 Å². The lowest BCUT2D eigenvalue weighted by Gasteiger charge is -2.35. The van der Waals surface area contributed by atoms with E-state index in [2.05, 4.69) is 33.0 Å². The molecule has 0 aromatic heterocycles. The first-order valence-corrected chi connectivity index (χ1v) is 6.34. The molecule has 1 aliphatic rings. The molecule has 0 spiro atoms. The molecular formula is C13H27NO. The maximum atomic E-state index is 5.43. The first kappa shape index (κ1) is 13.0. The van der Waals surface area contributed by atoms with E-state index in [0.717, 1.165) is 25.7 Å². The molecule has 1 unspecified atom stereocenters. The lowest BCUT2D eigenvalue weighted by Crippen LogP contribution is -2.41. The molecule has 1 rings (SSSR count). The summed E-state index contributed by atoms with van der Waals surface area (Å²) in [6.45, 7) is 12.2. The van der Waals surface area contributed by atoms with Crippen molar-refractivity contribution in [2.24, 2.45) is 11.3 Å². The minimum absolute atomic E-state index is 0.422. The number of hydrogen-bond acceptors (Lipinski definition) is 2. The van der Waals surface area contributed by atoms with E-state index in [1.165, 1.54) is 19.3 Å². The molecule has 0 saturated carbocycles. The quantitative estimate of drug-likeness (QED) is 0.775. The van der Waals surface area contributed by atoms with E-state index in [0.29, 0.717) is 11.5 Å². The molecule has 0 aliphatic carbocycles. The van der Waals surface area contributed by atoms with E-state index < -0.39 is 0 Å². The molecular weight excluding hydrogens is 186 g/mol. The summed E-state index contributed by atoms with van der Waals surface area (Å²) >= 11 is 0. The van der Waals surface area contributed by atoms with Crippen molar-refractivity contribution in [2.45, 2.75) is 53.0 Å². The first-order chi connectivity index (χ1) is 7.03. The van der Waals surface area contributed by atoms with Gasteiger partial charge in [0.25, 0.3) is 0 Å². The lowest BCUT2D eigenvalue weighted by atomic mass is 9.80. The molecule has 15 heavy (non-hydrogen) atoms. The second kappa shape index (κ2) is 5.86. The van der Waals surface area contributed by atoms with E-state index in [4.69, 9.17) is 4.74 Å². The van der Waals surface area contributed by atoms with E-state index in [1.54, 1.807) is 0 Å². The second-order valence-corrected chi connectivity index (χ2v) is 5.88. The van der Waals surface area contributed by atoms with Crippen LogP contribution in [0.3, 0.4) is 0 Å². The number of rotatable bonds is 4. The van der Waals surface area contributed by atoms with Gasteiger partial charge in [-0.05, 0) is 37.1 Å². The highest BCUT2D eigenvalue weighted by Crippen LogP contribution is 2.28. The number of ether oxygens (including phenoxy) is 1. The van der Waals surface area contributed by atoms with Crippen LogP contribution in [-0.4, -0.2) is 25.8 Å². The van der Waals surface area contributed by atoms with Gasteiger partial charge >= 0.3 is 0 Å². The van der Waals surface area contributed by atoms with Crippen molar-refractivity contribution in [1.82, 2.24) is 5.32 Å². The van der Waals surface area contributed by atoms with Gasteiger partial charge in [-0.25, -0.2) is 0 Å². The SMILES string of the molecule is CCNC(CC(C)(C)C)C1CCOCC1. The molecule has 0 aromatic rings. The Bertz CT molecular complexity index is 168. The third kappa shape index (κ3) is 4.98. The third-order valence-electron chi connectivity index (χ3n) is 3.13. The summed E-state index contributed by atoms with van der Waals surface area (Å²) in [7, 11) is 0. The van der Waals surface area contributed by atoms with Gasteiger partial charge in [-0.2, -0.15) is 0 Å². The number of hydrogen-bond donors (Lipinski definition) is 1. The topological polar surface area (TPSA) is 21.3 Å². The van der Waals surface area contributed by atoms with Crippen LogP contribution in [0.2, 0.25) is 0 Å². The minimum atomic E-state index is 0.422. The summed E-state index contributed by atoms with van der Waals surface area (Å²) in [5.41, 5.74) is 0.422. The molecule has 1 atom stereocenters. The summed E-state index contributed by atoms with van der Waals surface area (Å²) in [6.07, 6.45) is 3.73. The van der Waals surface area contributed by atoms with Crippen molar-refractivity contribution in [2.75, 3.05) is 19.8 Å². The van der Waals surface area contributed by atoms with Crippen LogP contribution >= 0.6 is 0 Å². The Morgan fingerprint density at radius 1 is 1.27 bits per heavy atom. The smallest absolute Gasteiger partial charge is 0.0469 e. The normalized spacial score (nSPS) is 21.6. The maximum Gasteiger partial charge on any atom is 0.0469 e. The molecule has 1 N–H and O–H groups in total. The molecule has 1 heterocycles. The Balaban J connectivity index is 2.47. The van der Waals surface area contributed by atoms with E-state index in [9.17, 15) is 0 Å². The Hall–Kier alpha value is -0.0800. The maximum absolute atomic E-state index is 5.43. The Kier molecular flexibility index (Phi) is 5.07. The van der Waals surface area contributed by atoms with Crippen LogP contribution in [0.5, 0.6) is 0 Å². The molecule has 1 fully saturated rings. The summed E-state index contributed by atoms with van der Waals surface area (Å²) in [5, 5.41) is 3.65. The zero-order chi connectivity index (χ0) is 11.3. The molecule has 0 aromatic carbocycles. The molecule has 1 aliphatic heterocycles. The zero-order valence-electron chi connectivity index (χ0n) is 10.8. The van der Waals surface area contributed by atoms with Crippen LogP contribution in [0.4, 0.5) is 0 Å². The van der Waals surface area contributed by atoms with Gasteiger partial charge in [-0.15, -0.1) is 0 Å². The van der Waals surface area contributed by atoms with Gasteiger partial charge < -0.3 is 10.1 Å². The molecule has 90 valence electrons. The highest BCUT2D eigenvalue weighted by molar-refractivity contribution is 4.82. The van der Waals surface area contributed by atoms with Gasteiger partial charge in [0.05, 0.1) is 0 Å². The summed E-state index contributed by atoms with van der Waals surface area (Å²) < 4.78 is 5.43. The number of nitrogens with one attached hydrogen (secondary N) is 1. The summed E-state index contributed by atoms with van der Waals surface area (Å²) in [5.74, 6) is 0.818. The van der Waals surface area contributed by atoms with Crippen LogP contribution in [0.1, 0.15) is 47.0 Å². The highest BCUT2D eigenvalue weighted by atomic mass is 16.5. The minimum Gasteiger partial charge on any atom is -0.381 e. The van der Waals surface area contributed by atoms with Crippen molar-refractivity contribution in [3.63, 3.8) is 0 Å². The Morgan fingerprint density at radius 2 is 1.87 bits per heavy atom. The van der Waals surface area contributed by atoms with Gasteiger partial charge in [0.1, 0.15) is 0 Å². The predicted octanol–water partition coefficient (Wildman–Crippen LogP) is 2.83. The van der Waals surface area contributed by atoms with E-state index >= 15 is 0 Å². The molecule has 2 nitrogen and oxygen atoms in total. The average molecular weight is 213 g/mol. The molecule has 0 radical (unpaired) electrons. The van der Waals surface area contributed by atoms with Crippen molar-refractivity contribution in [3.05, 3.63) is 0 Å². The monoisotopic (exact) mass is 213 g/mol. The van der Waals surface area contributed by atoms with Crippen LogP contribution in [0.15, 0.2) is 0 Å². The van der Waals surface area contributed by atoms with Gasteiger partial charge in [0, 0.05) is 19.3 Å². The Morgan fingerprint density at radius 3 is 2.33 bits per heavy atom.